The van der Waals surface area contributed by atoms with Crippen molar-refractivity contribution in [1.82, 2.24) is 0 Å². The largest absolute Gasteiger partial charge is 0.491 e. The molecule has 0 spiro atoms. The lowest BCUT2D eigenvalue weighted by Crippen LogP contribution is -2.41. The first-order valence-electron chi connectivity index (χ1n) is 8.58. The van der Waals surface area contributed by atoms with E-state index in [4.69, 9.17) is 9.31 Å². The molecule has 1 heterocycles. The van der Waals surface area contributed by atoms with Crippen LogP contribution in [-0.4, -0.2) is 35.1 Å². The smallest absolute Gasteiger partial charge is 0.478 e. The molecular formula is C20H23BO4S. The van der Waals surface area contributed by atoms with Crippen LogP contribution in [0.2, 0.25) is 0 Å². The molecule has 0 aliphatic carbocycles. The molecule has 3 rings (SSSR count). The van der Waals surface area contributed by atoms with E-state index >= 15 is 0 Å². The fourth-order valence-electron chi connectivity index (χ4n) is 3.03. The summed E-state index contributed by atoms with van der Waals surface area (Å²) in [4.78, 5) is 11.5. The van der Waals surface area contributed by atoms with E-state index < -0.39 is 24.3 Å². The quantitative estimate of drug-likeness (QED) is 0.615. The average molecular weight is 370 g/mol. The van der Waals surface area contributed by atoms with Gasteiger partial charge in [0.2, 0.25) is 0 Å². The summed E-state index contributed by atoms with van der Waals surface area (Å²) >= 11 is 4.46. The van der Waals surface area contributed by atoms with Crippen LogP contribution in [0, 0.1) is 0 Å². The first-order chi connectivity index (χ1) is 12.2. The van der Waals surface area contributed by atoms with Crippen LogP contribution in [0.5, 0.6) is 0 Å². The lowest BCUT2D eigenvalue weighted by molar-refractivity contribution is 0.00578. The topological polar surface area (TPSA) is 55.8 Å². The van der Waals surface area contributed by atoms with Crippen molar-refractivity contribution in [1.29, 1.82) is 0 Å². The first kappa shape index (κ1) is 19.0. The van der Waals surface area contributed by atoms with E-state index in [-0.39, 0.29) is 0 Å². The summed E-state index contributed by atoms with van der Waals surface area (Å²) in [7, 11) is -0.476. The van der Waals surface area contributed by atoms with E-state index in [0.29, 0.717) is 16.7 Å². The molecule has 0 bridgehead atoms. The Balaban J connectivity index is 2.06. The predicted octanol–water partition coefficient (Wildman–Crippen LogP) is 4.48. The molecule has 1 aliphatic rings. The van der Waals surface area contributed by atoms with Crippen LogP contribution in [0.1, 0.15) is 43.6 Å². The highest BCUT2D eigenvalue weighted by molar-refractivity contribution is 7.80. The van der Waals surface area contributed by atoms with Gasteiger partial charge in [0.1, 0.15) is 0 Å². The van der Waals surface area contributed by atoms with Gasteiger partial charge in [0.15, 0.2) is 0 Å². The van der Waals surface area contributed by atoms with Gasteiger partial charge in [0.25, 0.3) is 0 Å². The zero-order chi connectivity index (χ0) is 19.1. The molecule has 6 heteroatoms. The zero-order valence-electron chi connectivity index (χ0n) is 15.4. The highest BCUT2D eigenvalue weighted by Gasteiger charge is 2.52. The summed E-state index contributed by atoms with van der Waals surface area (Å²) in [5.41, 5.74) is 1.27. The van der Waals surface area contributed by atoms with E-state index in [2.05, 4.69) is 12.6 Å². The van der Waals surface area contributed by atoms with E-state index in [1.54, 1.807) is 12.1 Å². The summed E-state index contributed by atoms with van der Waals surface area (Å²) in [6.45, 7) is 8.06. The van der Waals surface area contributed by atoms with Crippen LogP contribution in [0.15, 0.2) is 41.9 Å². The van der Waals surface area contributed by atoms with Crippen molar-refractivity contribution in [3.63, 3.8) is 0 Å². The Labute approximate surface area is 159 Å². The Kier molecular flexibility index (Phi) is 4.95. The number of thiol groups is 1. The second-order valence-electron chi connectivity index (χ2n) is 7.52. The summed E-state index contributed by atoms with van der Waals surface area (Å²) in [5, 5.41) is 11.0. The summed E-state index contributed by atoms with van der Waals surface area (Å²) in [6, 6.07) is 11.0. The molecule has 0 saturated carbocycles. The molecule has 1 aliphatic heterocycles. The van der Waals surface area contributed by atoms with Crippen LogP contribution in [0.3, 0.4) is 0 Å². The van der Waals surface area contributed by atoms with E-state index in [1.807, 2.05) is 58.0 Å². The van der Waals surface area contributed by atoms with Crippen molar-refractivity contribution in [2.45, 2.75) is 38.9 Å². The van der Waals surface area contributed by atoms with Gasteiger partial charge in [0.05, 0.1) is 16.8 Å². The highest BCUT2D eigenvalue weighted by atomic mass is 32.1. The Morgan fingerprint density at radius 2 is 1.65 bits per heavy atom. The van der Waals surface area contributed by atoms with E-state index in [9.17, 15) is 9.90 Å². The number of aromatic carboxylic acids is 1. The molecule has 1 fully saturated rings. The lowest BCUT2D eigenvalue weighted by atomic mass is 9.78. The zero-order valence-corrected chi connectivity index (χ0v) is 16.3. The minimum Gasteiger partial charge on any atom is -0.478 e. The monoisotopic (exact) mass is 370 g/mol. The standard InChI is InChI=1S/C20H23BO4S/c1-19(2)20(3,4)25-21(24-19)14(12-26)11-13-7-5-9-16-15(13)8-6-10-17(16)18(22)23/h5-11,26H,12H2,1-4H3,(H,22,23). The minimum absolute atomic E-state index is 0.292. The maximum atomic E-state index is 11.5. The molecule has 4 nitrogen and oxygen atoms in total. The van der Waals surface area contributed by atoms with Crippen LogP contribution < -0.4 is 0 Å². The Morgan fingerprint density at radius 1 is 1.08 bits per heavy atom. The molecule has 0 aromatic heterocycles. The van der Waals surface area contributed by atoms with Gasteiger partial charge in [-0.2, -0.15) is 12.6 Å². The third-order valence-corrected chi connectivity index (χ3v) is 5.63. The van der Waals surface area contributed by atoms with Crippen LogP contribution in [-0.2, 0) is 9.31 Å². The predicted molar refractivity (Wildman–Crippen MR) is 109 cm³/mol. The molecule has 0 atom stereocenters. The lowest BCUT2D eigenvalue weighted by Gasteiger charge is -2.32. The second kappa shape index (κ2) is 6.76. The van der Waals surface area contributed by atoms with Crippen molar-refractivity contribution in [3.05, 3.63) is 53.0 Å². The maximum Gasteiger partial charge on any atom is 0.491 e. The minimum atomic E-state index is -0.933. The Bertz CT molecular complexity index is 873. The van der Waals surface area contributed by atoms with E-state index in [1.165, 1.54) is 0 Å². The van der Waals surface area contributed by atoms with Gasteiger partial charge < -0.3 is 14.4 Å². The number of benzene rings is 2. The van der Waals surface area contributed by atoms with Crippen molar-refractivity contribution in [3.8, 4) is 0 Å². The van der Waals surface area contributed by atoms with Crippen molar-refractivity contribution in [2.75, 3.05) is 5.75 Å². The fourth-order valence-corrected chi connectivity index (χ4v) is 3.27. The Hall–Kier alpha value is -1.76. The summed E-state index contributed by atoms with van der Waals surface area (Å²) in [6.07, 6.45) is 1.99. The summed E-state index contributed by atoms with van der Waals surface area (Å²) in [5.74, 6) is -0.455. The van der Waals surface area contributed by atoms with Gasteiger partial charge in [0, 0.05) is 5.75 Å². The van der Waals surface area contributed by atoms with Gasteiger partial charge in [-0.25, -0.2) is 4.79 Å². The molecule has 0 amide bonds. The van der Waals surface area contributed by atoms with E-state index in [0.717, 1.165) is 16.4 Å². The number of rotatable bonds is 4. The van der Waals surface area contributed by atoms with Gasteiger partial charge >= 0.3 is 13.1 Å². The molecule has 0 unspecified atom stereocenters. The van der Waals surface area contributed by atoms with Crippen molar-refractivity contribution < 1.29 is 19.2 Å². The molecular weight excluding hydrogens is 347 g/mol. The third kappa shape index (κ3) is 3.29. The normalized spacial score (nSPS) is 19.1. The second-order valence-corrected chi connectivity index (χ2v) is 7.83. The maximum absolute atomic E-state index is 11.5. The summed E-state index contributed by atoms with van der Waals surface area (Å²) < 4.78 is 12.3. The van der Waals surface area contributed by atoms with Gasteiger partial charge in [-0.3, -0.25) is 0 Å². The molecule has 1 saturated heterocycles. The number of fused-ring (bicyclic) bond motifs is 1. The molecule has 136 valence electrons. The number of carboxylic acids is 1. The Morgan fingerprint density at radius 3 is 2.23 bits per heavy atom. The average Bonchev–Trinajstić information content (AvgIpc) is 2.79. The molecule has 0 radical (unpaired) electrons. The first-order valence-corrected chi connectivity index (χ1v) is 9.21. The number of carboxylic acid groups (broad SMARTS) is 1. The number of carbonyl (C=O) groups is 1. The van der Waals surface area contributed by atoms with Crippen LogP contribution in [0.4, 0.5) is 0 Å². The number of hydrogen-bond donors (Lipinski definition) is 2. The number of hydrogen-bond acceptors (Lipinski definition) is 4. The van der Waals surface area contributed by atoms with Crippen molar-refractivity contribution >= 4 is 42.6 Å². The molecule has 2 aromatic carbocycles. The van der Waals surface area contributed by atoms with Gasteiger partial charge in [-0.1, -0.05) is 36.4 Å². The highest BCUT2D eigenvalue weighted by Crippen LogP contribution is 2.39. The van der Waals surface area contributed by atoms with Gasteiger partial charge in [-0.15, -0.1) is 0 Å². The van der Waals surface area contributed by atoms with Gasteiger partial charge in [-0.05, 0) is 55.6 Å². The SMILES string of the molecule is CC1(C)OB(C(=Cc2cccc3c(C(=O)O)cccc23)CS)OC1(C)C. The van der Waals surface area contributed by atoms with Crippen LogP contribution >= 0.6 is 12.6 Å². The fraction of sp³-hybridized carbons (Fsp3) is 0.350. The van der Waals surface area contributed by atoms with Crippen LogP contribution in [0.25, 0.3) is 16.8 Å². The molecule has 26 heavy (non-hydrogen) atoms. The molecule has 2 aromatic rings. The molecule has 1 N–H and O–H groups in total. The third-order valence-electron chi connectivity index (χ3n) is 5.27. The van der Waals surface area contributed by atoms with Crippen molar-refractivity contribution in [2.24, 2.45) is 0 Å².